The number of β-amino-alcohol motifs (C(OH)–C–C–N with tert-alkyl or cyclic N) is 1. The van der Waals surface area contributed by atoms with Gasteiger partial charge in [-0.25, -0.2) is 0 Å². The number of fused-ring (bicyclic) bond motifs is 1. The van der Waals surface area contributed by atoms with Gasteiger partial charge in [-0.2, -0.15) is 0 Å². The molecule has 2 atom stereocenters. The van der Waals surface area contributed by atoms with Crippen LogP contribution in [0.5, 0.6) is 0 Å². The Bertz CT molecular complexity index is 993. The second-order valence-corrected chi connectivity index (χ2v) is 9.18. The van der Waals surface area contributed by atoms with Gasteiger partial charge in [-0.05, 0) is 49.6 Å². The molecule has 3 aromatic rings. The van der Waals surface area contributed by atoms with Crippen molar-refractivity contribution >= 4 is 46.4 Å². The summed E-state index contributed by atoms with van der Waals surface area (Å²) in [6.07, 6.45) is -0.0160. The zero-order valence-corrected chi connectivity index (χ0v) is 20.4. The summed E-state index contributed by atoms with van der Waals surface area (Å²) in [7, 11) is 0. The fourth-order valence-electron chi connectivity index (χ4n) is 3.55. The van der Waals surface area contributed by atoms with E-state index in [1.165, 1.54) is 16.3 Å². The van der Waals surface area contributed by atoms with Crippen LogP contribution < -0.4 is 5.32 Å². The average Bonchev–Trinajstić information content (AvgIpc) is 2.72. The molecule has 0 radical (unpaired) electrons. The summed E-state index contributed by atoms with van der Waals surface area (Å²) in [5.41, 5.74) is 1.92. The molecular weight excluding hydrogens is 453 g/mol. The number of halogens is 3. The van der Waals surface area contributed by atoms with E-state index >= 15 is 0 Å². The van der Waals surface area contributed by atoms with E-state index in [2.05, 4.69) is 61.6 Å². The van der Waals surface area contributed by atoms with Gasteiger partial charge in [0.1, 0.15) is 0 Å². The van der Waals surface area contributed by atoms with E-state index in [1.54, 1.807) is 6.07 Å². The SMILES string of the molecule is CC(OC[C@H](O)CNC(C)(C)Cc1ccc2ccccc2c1)c1cccc(Cl)c1Cl.Cl. The average molecular weight is 483 g/mol. The third-order valence-electron chi connectivity index (χ3n) is 5.23. The summed E-state index contributed by atoms with van der Waals surface area (Å²) in [6, 6.07) is 20.4. The Morgan fingerprint density at radius 2 is 1.71 bits per heavy atom. The van der Waals surface area contributed by atoms with Gasteiger partial charge in [0.05, 0.1) is 28.9 Å². The van der Waals surface area contributed by atoms with E-state index in [0.717, 1.165) is 12.0 Å². The number of hydrogen-bond acceptors (Lipinski definition) is 3. The van der Waals surface area contributed by atoms with Gasteiger partial charge in [0.25, 0.3) is 0 Å². The summed E-state index contributed by atoms with van der Waals surface area (Å²) < 4.78 is 5.82. The third kappa shape index (κ3) is 7.35. The Morgan fingerprint density at radius 3 is 2.45 bits per heavy atom. The topological polar surface area (TPSA) is 41.5 Å². The summed E-state index contributed by atoms with van der Waals surface area (Å²) >= 11 is 12.3. The maximum absolute atomic E-state index is 10.4. The lowest BCUT2D eigenvalue weighted by atomic mass is 9.93. The van der Waals surface area contributed by atoms with Crippen molar-refractivity contribution in [2.45, 2.75) is 44.9 Å². The monoisotopic (exact) mass is 481 g/mol. The highest BCUT2D eigenvalue weighted by molar-refractivity contribution is 6.42. The van der Waals surface area contributed by atoms with Crippen LogP contribution in [0.15, 0.2) is 60.7 Å². The fourth-order valence-corrected chi connectivity index (χ4v) is 4.02. The molecule has 3 rings (SSSR count). The van der Waals surface area contributed by atoms with Gasteiger partial charge >= 0.3 is 0 Å². The molecule has 0 bridgehead atoms. The van der Waals surface area contributed by atoms with Crippen molar-refractivity contribution < 1.29 is 9.84 Å². The van der Waals surface area contributed by atoms with Crippen LogP contribution in [0.3, 0.4) is 0 Å². The van der Waals surface area contributed by atoms with Gasteiger partial charge in [-0.1, -0.05) is 77.8 Å². The van der Waals surface area contributed by atoms with Gasteiger partial charge in [0.2, 0.25) is 0 Å². The molecule has 0 aliphatic heterocycles. The minimum absolute atomic E-state index is 0. The molecule has 0 aliphatic carbocycles. The van der Waals surface area contributed by atoms with Gasteiger partial charge in [-0.3, -0.25) is 0 Å². The van der Waals surface area contributed by atoms with Crippen LogP contribution >= 0.6 is 35.6 Å². The van der Waals surface area contributed by atoms with Crippen molar-refractivity contribution in [2.75, 3.05) is 13.2 Å². The Kier molecular flexibility index (Phi) is 9.63. The predicted octanol–water partition coefficient (Wildman–Crippen LogP) is 6.62. The highest BCUT2D eigenvalue weighted by Crippen LogP contribution is 2.31. The molecular formula is C25H30Cl3NO2. The van der Waals surface area contributed by atoms with Gasteiger partial charge in [0, 0.05) is 17.6 Å². The van der Waals surface area contributed by atoms with Crippen molar-refractivity contribution in [2.24, 2.45) is 0 Å². The molecule has 1 unspecified atom stereocenters. The van der Waals surface area contributed by atoms with Crippen LogP contribution in [-0.2, 0) is 11.2 Å². The first kappa shape index (κ1) is 25.9. The number of aliphatic hydroxyl groups is 1. The van der Waals surface area contributed by atoms with Crippen LogP contribution in [0.4, 0.5) is 0 Å². The van der Waals surface area contributed by atoms with Crippen LogP contribution in [0, 0.1) is 0 Å². The Hall–Kier alpha value is -1.33. The minimum atomic E-state index is -0.624. The zero-order valence-electron chi connectivity index (χ0n) is 18.1. The van der Waals surface area contributed by atoms with E-state index in [4.69, 9.17) is 27.9 Å². The lowest BCUT2D eigenvalue weighted by Gasteiger charge is -2.28. The molecule has 0 amide bonds. The summed E-state index contributed by atoms with van der Waals surface area (Å²) in [5.74, 6) is 0. The van der Waals surface area contributed by atoms with E-state index in [-0.39, 0.29) is 30.7 Å². The van der Waals surface area contributed by atoms with E-state index in [9.17, 15) is 5.11 Å². The van der Waals surface area contributed by atoms with Crippen molar-refractivity contribution in [1.29, 1.82) is 0 Å². The van der Waals surface area contributed by atoms with Crippen LogP contribution in [-0.4, -0.2) is 29.9 Å². The molecule has 0 spiro atoms. The van der Waals surface area contributed by atoms with E-state index < -0.39 is 6.10 Å². The molecule has 0 aliphatic rings. The Balaban J connectivity index is 0.00000341. The smallest absolute Gasteiger partial charge is 0.0898 e. The van der Waals surface area contributed by atoms with Crippen molar-refractivity contribution in [3.8, 4) is 0 Å². The fraction of sp³-hybridized carbons (Fsp3) is 0.360. The van der Waals surface area contributed by atoms with Crippen molar-refractivity contribution in [1.82, 2.24) is 5.32 Å². The number of nitrogens with one attached hydrogen (secondary N) is 1. The maximum Gasteiger partial charge on any atom is 0.0898 e. The molecule has 3 aromatic carbocycles. The molecule has 0 fully saturated rings. The lowest BCUT2D eigenvalue weighted by Crippen LogP contribution is -2.46. The molecule has 0 aromatic heterocycles. The van der Waals surface area contributed by atoms with Crippen LogP contribution in [0.1, 0.15) is 38.0 Å². The molecule has 0 heterocycles. The molecule has 6 heteroatoms. The summed E-state index contributed by atoms with van der Waals surface area (Å²) in [6.45, 7) is 6.84. The second-order valence-electron chi connectivity index (χ2n) is 8.40. The van der Waals surface area contributed by atoms with Gasteiger partial charge in [0.15, 0.2) is 0 Å². The third-order valence-corrected chi connectivity index (χ3v) is 6.07. The number of hydrogen-bond donors (Lipinski definition) is 2. The van der Waals surface area contributed by atoms with Gasteiger partial charge in [-0.15, -0.1) is 12.4 Å². The second kappa shape index (κ2) is 11.5. The summed E-state index contributed by atoms with van der Waals surface area (Å²) in [5, 5.41) is 17.3. The van der Waals surface area contributed by atoms with Crippen LogP contribution in [0.25, 0.3) is 10.8 Å². The molecule has 2 N–H and O–H groups in total. The summed E-state index contributed by atoms with van der Waals surface area (Å²) in [4.78, 5) is 0. The number of ether oxygens (including phenoxy) is 1. The molecule has 0 saturated heterocycles. The molecule has 31 heavy (non-hydrogen) atoms. The van der Waals surface area contributed by atoms with Crippen LogP contribution in [0.2, 0.25) is 10.0 Å². The zero-order chi connectivity index (χ0) is 21.7. The quantitative estimate of drug-likeness (QED) is 0.360. The number of benzene rings is 3. The largest absolute Gasteiger partial charge is 0.389 e. The van der Waals surface area contributed by atoms with Crippen molar-refractivity contribution in [3.05, 3.63) is 81.8 Å². The minimum Gasteiger partial charge on any atom is -0.389 e. The predicted molar refractivity (Wildman–Crippen MR) is 134 cm³/mol. The lowest BCUT2D eigenvalue weighted by molar-refractivity contribution is -0.00413. The Labute approximate surface area is 201 Å². The molecule has 0 saturated carbocycles. The first-order valence-electron chi connectivity index (χ1n) is 10.2. The first-order chi connectivity index (χ1) is 14.2. The normalized spacial score (nSPS) is 13.6. The molecule has 168 valence electrons. The highest BCUT2D eigenvalue weighted by atomic mass is 35.5. The van der Waals surface area contributed by atoms with E-state index in [0.29, 0.717) is 16.6 Å². The first-order valence-corrected chi connectivity index (χ1v) is 11.0. The molecule has 3 nitrogen and oxygen atoms in total. The van der Waals surface area contributed by atoms with E-state index in [1.807, 2.05) is 19.1 Å². The maximum atomic E-state index is 10.4. The number of rotatable bonds is 9. The highest BCUT2D eigenvalue weighted by Gasteiger charge is 2.20. The number of aliphatic hydroxyl groups excluding tert-OH is 1. The Morgan fingerprint density at radius 1 is 1.00 bits per heavy atom. The van der Waals surface area contributed by atoms with Gasteiger partial charge < -0.3 is 15.2 Å². The van der Waals surface area contributed by atoms with Crippen molar-refractivity contribution in [3.63, 3.8) is 0 Å². The standard InChI is InChI=1S/C25H29Cl2NO2.ClH/c1-17(22-9-6-10-23(26)24(22)27)30-16-21(29)15-28-25(2,3)14-18-11-12-19-7-4-5-8-20(19)13-18;/h4-13,17,21,28-29H,14-16H2,1-3H3;1H/t17?,21-;/m1./s1.